The van der Waals surface area contributed by atoms with Gasteiger partial charge in [0, 0.05) is 0 Å². The predicted octanol–water partition coefficient (Wildman–Crippen LogP) is -3.98. The van der Waals surface area contributed by atoms with Crippen LogP contribution in [-0.2, 0) is 4.57 Å². The molecule has 9 nitrogen and oxygen atoms in total. The lowest BCUT2D eigenvalue weighted by molar-refractivity contribution is -0.483. The summed E-state index contributed by atoms with van der Waals surface area (Å²) in [5, 5.41) is 0. The zero-order valence-corrected chi connectivity index (χ0v) is 8.25. The number of rotatable bonds is 0. The molecule has 88 valence electrons. The quantitative estimate of drug-likeness (QED) is 0.387. The molecule has 11 heteroatoms. The van der Waals surface area contributed by atoms with E-state index in [4.69, 9.17) is 31.6 Å². The van der Waals surface area contributed by atoms with Gasteiger partial charge in [-0.1, -0.05) is 0 Å². The first-order valence-corrected chi connectivity index (χ1v) is 4.59. The zero-order chi connectivity index (χ0) is 11.4. The van der Waals surface area contributed by atoms with Crippen molar-refractivity contribution in [1.29, 1.82) is 0 Å². The van der Waals surface area contributed by atoms with Crippen molar-refractivity contribution in [3.8, 4) is 0 Å². The van der Waals surface area contributed by atoms with Gasteiger partial charge in [0.2, 0.25) is 5.82 Å². The molecule has 0 spiro atoms. The van der Waals surface area contributed by atoms with Gasteiger partial charge in [-0.15, -0.1) is 0 Å². The molecule has 0 aromatic carbocycles. The summed E-state index contributed by atoms with van der Waals surface area (Å²) in [6, 6.07) is 1.55. The Kier molecular flexibility index (Phi) is 6.48. The fraction of sp³-hybridized carbons (Fsp3) is 0. The summed E-state index contributed by atoms with van der Waals surface area (Å²) in [5.41, 5.74) is 15.9. The summed E-state index contributed by atoms with van der Waals surface area (Å²) in [4.78, 5) is 22.1. The minimum atomic E-state index is -5.64. The Morgan fingerprint density at radius 2 is 1.47 bits per heavy atom. The maximum atomic E-state index is 10.1. The van der Waals surface area contributed by atoms with Crippen LogP contribution in [0.4, 0.5) is 21.8 Å². The van der Waals surface area contributed by atoms with Crippen molar-refractivity contribution < 1.29 is 34.0 Å². The first-order valence-electron chi connectivity index (χ1n) is 3.16. The molecule has 1 rings (SSSR count). The highest BCUT2D eigenvalue weighted by atomic mass is 31.2. The zero-order valence-electron chi connectivity index (χ0n) is 7.36. The van der Waals surface area contributed by atoms with Crippen molar-refractivity contribution >= 4 is 25.5 Å². The Morgan fingerprint density at radius 3 is 1.67 bits per heavy atom. The van der Waals surface area contributed by atoms with Crippen molar-refractivity contribution in [3.63, 3.8) is 0 Å². The number of aromatic amines is 2. The minimum Gasteiger partial charge on any atom is -0.786 e. The fourth-order valence-corrected chi connectivity index (χ4v) is 0.582. The topological polar surface area (TPSA) is 201 Å². The molecule has 0 aliphatic rings. The third-order valence-corrected chi connectivity index (χ3v) is 0.869. The number of anilines is 3. The normalized spacial score (nSPS) is 9.53. The number of hydrogen-bond donors (Lipinski definition) is 3. The molecule has 0 aliphatic heterocycles. The molecule has 1 aromatic rings. The molecule has 10 N–H and O–H groups in total. The largest absolute Gasteiger partial charge is 0.786 e. The van der Waals surface area contributed by atoms with Gasteiger partial charge in [0.1, 0.15) is 7.91 Å². The highest BCUT2D eigenvalue weighted by Gasteiger charge is 2.02. The van der Waals surface area contributed by atoms with Crippen LogP contribution in [-0.4, -0.2) is 5.48 Å². The highest BCUT2D eigenvalue weighted by molar-refractivity contribution is 7.42. The number of nitrogens with one attached hydrogen (secondary N) is 2. The lowest BCUT2D eigenvalue weighted by atomic mass is 10.5. The number of aromatic nitrogens is 2. The molecule has 1 aromatic heterocycles. The Morgan fingerprint density at radius 1 is 1.20 bits per heavy atom. The summed E-state index contributed by atoms with van der Waals surface area (Å²) in [6.07, 6.45) is 0. The molecule has 0 saturated carbocycles. The van der Waals surface area contributed by atoms with Gasteiger partial charge in [0.05, 0.1) is 6.07 Å². The molecular formula is C4H11FN5O4P. The van der Waals surface area contributed by atoms with Crippen molar-refractivity contribution in [1.82, 2.24) is 0 Å². The molecule has 0 fully saturated rings. The standard InChI is InChI=1S/C4H7N5.FH2O3P.H2O/c5-2-1-3(6)9-4(7)8-2;1-5(2,3)4;/h1H,(H6,5,6,7,8,9);(H2,2,3,4);1H2. The Hall–Kier alpha value is -1.48. The summed E-state index contributed by atoms with van der Waals surface area (Å²) in [5.74, 6) is 1.25. The average Bonchev–Trinajstić information content (AvgIpc) is 1.77. The van der Waals surface area contributed by atoms with Gasteiger partial charge in [0.25, 0.3) is 5.82 Å². The van der Waals surface area contributed by atoms with E-state index in [9.17, 15) is 4.20 Å². The van der Waals surface area contributed by atoms with E-state index in [-0.39, 0.29) is 5.48 Å². The van der Waals surface area contributed by atoms with E-state index in [1.807, 2.05) is 0 Å². The fourth-order valence-electron chi connectivity index (χ4n) is 0.582. The van der Waals surface area contributed by atoms with Crippen LogP contribution in [0.25, 0.3) is 0 Å². The van der Waals surface area contributed by atoms with Gasteiger partial charge in [-0.05, 0) is 0 Å². The highest BCUT2D eigenvalue weighted by Crippen LogP contribution is 2.22. The van der Waals surface area contributed by atoms with E-state index in [2.05, 4.69) is 9.97 Å². The van der Waals surface area contributed by atoms with Crippen LogP contribution < -0.4 is 37.0 Å². The summed E-state index contributed by atoms with van der Waals surface area (Å²) in [7, 11) is -5.64. The summed E-state index contributed by atoms with van der Waals surface area (Å²) < 4.78 is 18.6. The molecule has 0 atom stereocenters. The molecule has 1 heterocycles. The third kappa shape index (κ3) is 12.5. The minimum absolute atomic E-state index is 0. The van der Waals surface area contributed by atoms with Crippen molar-refractivity contribution in [2.45, 2.75) is 0 Å². The maximum Gasteiger partial charge on any atom is 0.440 e. The van der Waals surface area contributed by atoms with E-state index < -0.39 is 7.91 Å². The first kappa shape index (κ1) is 16.0. The van der Waals surface area contributed by atoms with Crippen LogP contribution in [0.3, 0.4) is 0 Å². The van der Waals surface area contributed by atoms with Gasteiger partial charge in [-0.2, -0.15) is 9.97 Å². The number of nitrogen functional groups attached to an aromatic ring is 3. The molecule has 0 aliphatic carbocycles. The second kappa shape index (κ2) is 6.09. The lowest BCUT2D eigenvalue weighted by Crippen LogP contribution is -2.28. The van der Waals surface area contributed by atoms with E-state index in [0.717, 1.165) is 0 Å². The molecule has 15 heavy (non-hydrogen) atoms. The van der Waals surface area contributed by atoms with E-state index >= 15 is 0 Å². The Labute approximate surface area is 83.7 Å². The van der Waals surface area contributed by atoms with Crippen LogP contribution in [0.2, 0.25) is 0 Å². The Bertz CT molecular complexity index is 298. The second-order valence-electron chi connectivity index (χ2n) is 2.15. The van der Waals surface area contributed by atoms with Crippen LogP contribution in [0.15, 0.2) is 6.07 Å². The van der Waals surface area contributed by atoms with E-state index in [1.54, 1.807) is 6.07 Å². The van der Waals surface area contributed by atoms with Crippen LogP contribution in [0.5, 0.6) is 0 Å². The SMILES string of the molecule is Nc1cc(N)[nH+]c(N)[nH+]1.O.O=P([O-])([O-])F. The van der Waals surface area contributed by atoms with Crippen LogP contribution in [0, 0.1) is 0 Å². The summed E-state index contributed by atoms with van der Waals surface area (Å²) in [6.45, 7) is 0. The lowest BCUT2D eigenvalue weighted by Gasteiger charge is -2.15. The molecule has 0 bridgehead atoms. The van der Waals surface area contributed by atoms with Gasteiger partial charge in [-0.25, -0.2) is 4.20 Å². The van der Waals surface area contributed by atoms with Gasteiger partial charge in [-0.3, -0.25) is 11.5 Å². The van der Waals surface area contributed by atoms with Gasteiger partial charge < -0.3 is 25.6 Å². The van der Waals surface area contributed by atoms with Crippen LogP contribution >= 0.6 is 7.91 Å². The third-order valence-electron chi connectivity index (χ3n) is 0.869. The average molecular weight is 243 g/mol. The molecule has 0 radical (unpaired) electrons. The molecule has 0 unspecified atom stereocenters. The van der Waals surface area contributed by atoms with E-state index in [1.165, 1.54) is 0 Å². The van der Waals surface area contributed by atoms with Crippen LogP contribution in [0.1, 0.15) is 0 Å². The summed E-state index contributed by atoms with van der Waals surface area (Å²) >= 11 is 0. The monoisotopic (exact) mass is 243 g/mol. The van der Waals surface area contributed by atoms with Gasteiger partial charge in [0.15, 0.2) is 0 Å². The Balaban J connectivity index is 0. The maximum absolute atomic E-state index is 10.1. The number of nitrogens with two attached hydrogens (primary N) is 3. The molecule has 0 saturated heterocycles. The molecule has 0 amide bonds. The second-order valence-corrected chi connectivity index (χ2v) is 3.01. The van der Waals surface area contributed by atoms with E-state index in [0.29, 0.717) is 17.6 Å². The first-order chi connectivity index (χ1) is 6.18. The van der Waals surface area contributed by atoms with Gasteiger partial charge >= 0.3 is 5.95 Å². The van der Waals surface area contributed by atoms with Crippen molar-refractivity contribution in [2.24, 2.45) is 0 Å². The number of H-pyrrole nitrogens is 2. The van der Waals surface area contributed by atoms with Crippen molar-refractivity contribution in [2.75, 3.05) is 17.2 Å². The number of halogens is 1. The smallest absolute Gasteiger partial charge is 0.440 e. The predicted molar refractivity (Wildman–Crippen MR) is 45.1 cm³/mol. The molecular weight excluding hydrogens is 232 g/mol. The number of hydrogen-bond acceptors (Lipinski definition) is 6. The van der Waals surface area contributed by atoms with Crippen molar-refractivity contribution in [3.05, 3.63) is 6.07 Å².